The predicted octanol–water partition coefficient (Wildman–Crippen LogP) is 5.39. The number of carbonyl (C=O) groups is 1. The Morgan fingerprint density at radius 2 is 2.00 bits per heavy atom. The Labute approximate surface area is 182 Å². The fraction of sp³-hybridized carbons (Fsp3) is 0.364. The summed E-state index contributed by atoms with van der Waals surface area (Å²) in [5.74, 6) is -1.46. The minimum atomic E-state index is -4.87. The Hall–Kier alpha value is -2.79. The summed E-state index contributed by atoms with van der Waals surface area (Å²) in [7, 11) is 0. The minimum Gasteiger partial charge on any atom is -0.362 e. The maximum Gasteiger partial charge on any atom is 0.419 e. The fourth-order valence-corrected chi connectivity index (χ4v) is 4.04. The van der Waals surface area contributed by atoms with Crippen molar-refractivity contribution in [3.8, 4) is 6.07 Å². The number of hydrogen-bond donors (Lipinski definition) is 0. The second-order valence-corrected chi connectivity index (χ2v) is 8.08. The van der Waals surface area contributed by atoms with Gasteiger partial charge < -0.3 is 9.80 Å². The molecule has 1 unspecified atom stereocenters. The van der Waals surface area contributed by atoms with Crippen molar-refractivity contribution in [2.75, 3.05) is 11.4 Å². The lowest BCUT2D eigenvalue weighted by Gasteiger charge is -2.32. The molecule has 1 heterocycles. The van der Waals surface area contributed by atoms with Crippen molar-refractivity contribution in [3.63, 3.8) is 0 Å². The topological polar surface area (TPSA) is 47.3 Å². The van der Waals surface area contributed by atoms with Gasteiger partial charge in [-0.05, 0) is 43.7 Å². The molecule has 0 aromatic heterocycles. The molecule has 1 saturated heterocycles. The Bertz CT molecular complexity index is 1030. The Morgan fingerprint density at radius 1 is 1.29 bits per heavy atom. The van der Waals surface area contributed by atoms with Crippen LogP contribution in [-0.2, 0) is 17.5 Å². The summed E-state index contributed by atoms with van der Waals surface area (Å²) in [5.41, 5.74) is -0.906. The molecule has 164 valence electrons. The van der Waals surface area contributed by atoms with Crippen LogP contribution in [0.2, 0.25) is 5.02 Å². The second-order valence-electron chi connectivity index (χ2n) is 7.67. The lowest BCUT2D eigenvalue weighted by atomic mass is 10.0. The summed E-state index contributed by atoms with van der Waals surface area (Å²) in [6, 6.07) is 9.17. The van der Waals surface area contributed by atoms with Gasteiger partial charge in [0, 0.05) is 31.2 Å². The number of benzene rings is 2. The van der Waals surface area contributed by atoms with E-state index in [0.717, 1.165) is 6.07 Å². The van der Waals surface area contributed by atoms with E-state index in [1.165, 1.54) is 24.3 Å². The van der Waals surface area contributed by atoms with Crippen LogP contribution >= 0.6 is 11.6 Å². The molecule has 3 rings (SSSR count). The summed E-state index contributed by atoms with van der Waals surface area (Å²) in [5, 5.41) is 9.26. The standard InChI is InChI=1S/C22H20ClF4N3O/c1-13(2)29-12-17(9-20(29)31)30(16-7-6-14(10-28)18(23)8-16)11-15-4-3-5-19(24)21(15)22(25,26)27/h3-8,13,17H,9,11-12H2,1-2H3. The molecule has 0 spiro atoms. The molecule has 1 fully saturated rings. The molecule has 0 bridgehead atoms. The van der Waals surface area contributed by atoms with Crippen molar-refractivity contribution in [3.05, 3.63) is 63.9 Å². The molecule has 0 radical (unpaired) electrons. The lowest BCUT2D eigenvalue weighted by Crippen LogP contribution is -2.39. The first-order valence-corrected chi connectivity index (χ1v) is 10.0. The summed E-state index contributed by atoms with van der Waals surface area (Å²) in [6.45, 7) is 3.75. The van der Waals surface area contributed by atoms with Gasteiger partial charge in [-0.15, -0.1) is 0 Å². The maximum absolute atomic E-state index is 14.1. The van der Waals surface area contributed by atoms with Crippen molar-refractivity contribution in [1.82, 2.24) is 4.90 Å². The highest BCUT2D eigenvalue weighted by Crippen LogP contribution is 2.37. The zero-order chi connectivity index (χ0) is 22.9. The second kappa shape index (κ2) is 8.75. The molecular formula is C22H20ClF4N3O. The smallest absolute Gasteiger partial charge is 0.362 e. The first kappa shape index (κ1) is 22.9. The number of anilines is 1. The first-order chi connectivity index (χ1) is 14.5. The van der Waals surface area contributed by atoms with E-state index in [-0.39, 0.29) is 41.1 Å². The van der Waals surface area contributed by atoms with Crippen molar-refractivity contribution >= 4 is 23.2 Å². The van der Waals surface area contributed by atoms with Crippen molar-refractivity contribution in [1.29, 1.82) is 5.26 Å². The number of amides is 1. The number of hydrogen-bond acceptors (Lipinski definition) is 3. The van der Waals surface area contributed by atoms with Crippen LogP contribution in [0.25, 0.3) is 0 Å². The van der Waals surface area contributed by atoms with E-state index in [1.54, 1.807) is 15.9 Å². The molecule has 1 aliphatic rings. The van der Waals surface area contributed by atoms with E-state index < -0.39 is 23.6 Å². The van der Waals surface area contributed by atoms with Crippen LogP contribution in [0.1, 0.15) is 37.0 Å². The zero-order valence-electron chi connectivity index (χ0n) is 16.9. The van der Waals surface area contributed by atoms with Crippen LogP contribution in [0.3, 0.4) is 0 Å². The molecule has 2 aromatic rings. The highest BCUT2D eigenvalue weighted by Gasteiger charge is 2.39. The third kappa shape index (κ3) is 4.77. The summed E-state index contributed by atoms with van der Waals surface area (Å²) in [6.07, 6.45) is -4.77. The van der Waals surface area contributed by atoms with Gasteiger partial charge in [0.25, 0.3) is 0 Å². The lowest BCUT2D eigenvalue weighted by molar-refractivity contribution is -0.140. The summed E-state index contributed by atoms with van der Waals surface area (Å²) < 4.78 is 54.8. The van der Waals surface area contributed by atoms with Gasteiger partial charge in [0.05, 0.1) is 22.2 Å². The highest BCUT2D eigenvalue weighted by atomic mass is 35.5. The Kier molecular flexibility index (Phi) is 6.46. The van der Waals surface area contributed by atoms with E-state index in [2.05, 4.69) is 0 Å². The predicted molar refractivity (Wildman–Crippen MR) is 109 cm³/mol. The molecule has 0 saturated carbocycles. The number of nitriles is 1. The van der Waals surface area contributed by atoms with Crippen molar-refractivity contribution in [2.24, 2.45) is 0 Å². The van der Waals surface area contributed by atoms with Crippen LogP contribution in [0, 0.1) is 17.1 Å². The van der Waals surface area contributed by atoms with Gasteiger partial charge in [0.15, 0.2) is 0 Å². The fourth-order valence-electron chi connectivity index (χ4n) is 3.83. The third-order valence-corrected chi connectivity index (χ3v) is 5.64. The number of likely N-dealkylation sites (tertiary alicyclic amines) is 1. The van der Waals surface area contributed by atoms with Crippen LogP contribution in [0.15, 0.2) is 36.4 Å². The quantitative estimate of drug-likeness (QED) is 0.571. The van der Waals surface area contributed by atoms with Gasteiger partial charge >= 0.3 is 6.18 Å². The van der Waals surface area contributed by atoms with Crippen molar-refractivity contribution < 1.29 is 22.4 Å². The van der Waals surface area contributed by atoms with Crippen LogP contribution in [-0.4, -0.2) is 29.4 Å². The molecule has 0 N–H and O–H groups in total. The number of nitrogens with zero attached hydrogens (tertiary/aromatic N) is 3. The van der Waals surface area contributed by atoms with Gasteiger partial charge in [0.2, 0.25) is 5.91 Å². The zero-order valence-corrected chi connectivity index (χ0v) is 17.6. The molecule has 4 nitrogen and oxygen atoms in total. The van der Waals surface area contributed by atoms with E-state index in [1.807, 2.05) is 19.9 Å². The van der Waals surface area contributed by atoms with Crippen LogP contribution < -0.4 is 4.90 Å². The minimum absolute atomic E-state index is 0.0659. The largest absolute Gasteiger partial charge is 0.419 e. The Balaban J connectivity index is 2.06. The van der Waals surface area contributed by atoms with E-state index in [0.29, 0.717) is 12.2 Å². The first-order valence-electron chi connectivity index (χ1n) is 9.63. The summed E-state index contributed by atoms with van der Waals surface area (Å²) in [4.78, 5) is 15.7. The van der Waals surface area contributed by atoms with Gasteiger partial charge in [-0.25, -0.2) is 4.39 Å². The van der Waals surface area contributed by atoms with Gasteiger partial charge in [0.1, 0.15) is 11.9 Å². The monoisotopic (exact) mass is 453 g/mol. The number of alkyl halides is 3. The van der Waals surface area contributed by atoms with Crippen LogP contribution in [0.5, 0.6) is 0 Å². The van der Waals surface area contributed by atoms with Crippen LogP contribution in [0.4, 0.5) is 23.2 Å². The van der Waals surface area contributed by atoms with E-state index in [4.69, 9.17) is 16.9 Å². The molecule has 9 heteroatoms. The average molecular weight is 454 g/mol. The maximum atomic E-state index is 14.1. The average Bonchev–Trinajstić information content (AvgIpc) is 3.06. The third-order valence-electron chi connectivity index (χ3n) is 5.33. The molecule has 1 atom stereocenters. The molecule has 0 aliphatic carbocycles. The SMILES string of the molecule is CC(C)N1CC(N(Cc2cccc(F)c2C(F)(F)F)c2ccc(C#N)c(Cl)c2)CC1=O. The molecule has 1 amide bonds. The van der Waals surface area contributed by atoms with Gasteiger partial charge in [-0.3, -0.25) is 4.79 Å². The number of carbonyl (C=O) groups excluding carboxylic acids is 1. The number of halogens is 5. The van der Waals surface area contributed by atoms with Gasteiger partial charge in [-0.1, -0.05) is 23.7 Å². The number of rotatable bonds is 5. The van der Waals surface area contributed by atoms with E-state index in [9.17, 15) is 22.4 Å². The normalized spacial score (nSPS) is 16.7. The molecule has 2 aromatic carbocycles. The van der Waals surface area contributed by atoms with Gasteiger partial charge in [-0.2, -0.15) is 18.4 Å². The molecule has 31 heavy (non-hydrogen) atoms. The Morgan fingerprint density at radius 3 is 2.55 bits per heavy atom. The summed E-state index contributed by atoms with van der Waals surface area (Å²) >= 11 is 6.15. The molecule has 1 aliphatic heterocycles. The molecular weight excluding hydrogens is 434 g/mol. The van der Waals surface area contributed by atoms with Crippen molar-refractivity contribution in [2.45, 2.75) is 45.1 Å². The van der Waals surface area contributed by atoms with E-state index >= 15 is 0 Å². The highest BCUT2D eigenvalue weighted by molar-refractivity contribution is 6.32.